The lowest BCUT2D eigenvalue weighted by Crippen LogP contribution is -2.09. The van der Waals surface area contributed by atoms with Crippen molar-refractivity contribution in [1.29, 1.82) is 0 Å². The van der Waals surface area contributed by atoms with Crippen LogP contribution >= 0.6 is 0 Å². The van der Waals surface area contributed by atoms with Gasteiger partial charge >= 0.3 is 29.8 Å². The number of esters is 5. The molecule has 0 aliphatic heterocycles. The second-order valence-corrected chi connectivity index (χ2v) is 34.0. The summed E-state index contributed by atoms with van der Waals surface area (Å²) in [5.74, 6) is 1.62. The van der Waals surface area contributed by atoms with Crippen LogP contribution in [0, 0.1) is 19.7 Å². The summed E-state index contributed by atoms with van der Waals surface area (Å²) < 4.78 is 46.4. The molecule has 15 rings (SSSR count). The fraction of sp³-hybridized carbons (Fsp3) is 0.211. The molecule has 15 aromatic carbocycles. The van der Waals surface area contributed by atoms with E-state index in [0.717, 1.165) is 136 Å². The molecule has 140 heavy (non-hydrogen) atoms. The van der Waals surface area contributed by atoms with E-state index in [1.165, 1.54) is 91.1 Å². The topological polar surface area (TPSA) is 141 Å². The number of hydrogen-bond donors (Lipinski definition) is 0. The van der Waals surface area contributed by atoms with E-state index in [-0.39, 0.29) is 29.7 Å². The first-order chi connectivity index (χ1) is 68.0. The molecule has 0 atom stereocenters. The molecule has 0 unspecified atom stereocenters. The fourth-order valence-electron chi connectivity index (χ4n) is 15.7. The van der Waals surface area contributed by atoms with E-state index >= 15 is 0 Å². The van der Waals surface area contributed by atoms with Crippen molar-refractivity contribution in [3.63, 3.8) is 0 Å². The third-order valence-electron chi connectivity index (χ3n) is 24.4. The first-order valence-corrected chi connectivity index (χ1v) is 48.9. The summed E-state index contributed by atoms with van der Waals surface area (Å²) in [5.41, 5.74) is 30.9. The summed E-state index contributed by atoms with van der Waals surface area (Å²) in [7, 11) is 1.68. The number of halogens is 1. The summed E-state index contributed by atoms with van der Waals surface area (Å²) >= 11 is 0. The summed E-state index contributed by atoms with van der Waals surface area (Å²) in [6, 6.07) is 112. The van der Waals surface area contributed by atoms with Gasteiger partial charge in [0.2, 0.25) is 0 Å². The molecule has 0 spiro atoms. The summed E-state index contributed by atoms with van der Waals surface area (Å²) in [5, 5.41) is 0. The van der Waals surface area contributed by atoms with Gasteiger partial charge in [0, 0.05) is 36.6 Å². The minimum atomic E-state index is -0.500. The van der Waals surface area contributed by atoms with Gasteiger partial charge in [0.05, 0.1) is 7.11 Å². The van der Waals surface area contributed by atoms with E-state index in [2.05, 4.69) is 264 Å². The molecule has 0 aromatic heterocycles. The van der Waals surface area contributed by atoms with Crippen LogP contribution < -0.4 is 28.4 Å². The van der Waals surface area contributed by atoms with Crippen molar-refractivity contribution in [2.45, 2.75) is 173 Å². The van der Waals surface area contributed by atoms with Crippen LogP contribution in [0.4, 0.5) is 4.39 Å². The van der Waals surface area contributed by atoms with Gasteiger partial charge in [0.15, 0.2) is 0 Å². The largest absolute Gasteiger partial charge is 0.496 e. The van der Waals surface area contributed by atoms with Crippen molar-refractivity contribution in [2.24, 2.45) is 0 Å². The Kier molecular flexibility index (Phi) is 41.4. The molecule has 0 bridgehead atoms. The molecule has 11 nitrogen and oxygen atoms in total. The Labute approximate surface area is 828 Å². The molecule has 0 saturated heterocycles. The molecule has 0 heterocycles. The second-order valence-electron chi connectivity index (χ2n) is 34.0. The minimum absolute atomic E-state index is 0.199. The molecule has 0 saturated carbocycles. The lowest BCUT2D eigenvalue weighted by Gasteiger charge is -2.11. The monoisotopic (exact) mass is 1860 g/mol. The maximum Gasteiger partial charge on any atom is 0.336 e. The van der Waals surface area contributed by atoms with Crippen molar-refractivity contribution in [1.82, 2.24) is 0 Å². The molecule has 714 valence electrons. The highest BCUT2D eigenvalue weighted by Crippen LogP contribution is 2.34. The zero-order valence-corrected chi connectivity index (χ0v) is 83.1. The fourth-order valence-corrected chi connectivity index (χ4v) is 15.7. The average Bonchev–Trinajstić information content (AvgIpc) is 0.809. The SMILES string of the molecule is CCc1ccc(-c2ccc(OC(=O)/C=C/c3cc(C)c(CC)c(C)c3)cc2)cc1.CCc1ccc(-c2ccc(OC(=O)/C=C/c3ccc(CC)c(F)c3)cc2)cc1.CCc1ccc(/C=C/C(=O)Oc2ccc(-c3ccc(CC)cc3)cc2)cc1.CCc1ccc(CCC(=O)Oc2ccc(-c3ccc(CC)cc3)cc2)cc1.CCc1ccc(CCC(=O)Oc2ccc(-c3ccc(CC)cc3OC)cc2)cc1. The molecule has 0 radical (unpaired) electrons. The van der Waals surface area contributed by atoms with E-state index in [4.69, 9.17) is 28.4 Å². The highest BCUT2D eigenvalue weighted by atomic mass is 19.1. The number of carbonyl (C=O) groups is 5. The number of carbonyl (C=O) groups excluding carboxylic acids is 5. The van der Waals surface area contributed by atoms with Crippen LogP contribution in [-0.4, -0.2) is 37.0 Å². The number of benzene rings is 15. The molecule has 0 aliphatic carbocycles. The molecule has 0 N–H and O–H groups in total. The van der Waals surface area contributed by atoms with Gasteiger partial charge in [-0.15, -0.1) is 0 Å². The Morgan fingerprint density at radius 2 is 0.507 bits per heavy atom. The Hall–Kier alpha value is -15.4. The van der Waals surface area contributed by atoms with Crippen molar-refractivity contribution in [3.05, 3.63) is 458 Å². The molecule has 0 fully saturated rings. The molecular weight excluding hydrogens is 1730 g/mol. The molecular formula is C128H129FO11. The predicted octanol–water partition coefficient (Wildman–Crippen LogP) is 31.1. The first kappa shape index (κ1) is 105. The number of methoxy groups -OCH3 is 1. The summed E-state index contributed by atoms with van der Waals surface area (Å²) in [6.45, 7) is 25.4. The van der Waals surface area contributed by atoms with Gasteiger partial charge in [0.1, 0.15) is 40.3 Å². The van der Waals surface area contributed by atoms with Gasteiger partial charge in [-0.2, -0.15) is 0 Å². The van der Waals surface area contributed by atoms with Crippen LogP contribution in [0.3, 0.4) is 0 Å². The van der Waals surface area contributed by atoms with Gasteiger partial charge in [-0.05, 0) is 327 Å². The van der Waals surface area contributed by atoms with Gasteiger partial charge in [0.25, 0.3) is 0 Å². The van der Waals surface area contributed by atoms with Gasteiger partial charge in [-0.1, -0.05) is 336 Å². The average molecular weight is 1860 g/mol. The van der Waals surface area contributed by atoms with Crippen LogP contribution in [0.2, 0.25) is 0 Å². The highest BCUT2D eigenvalue weighted by Gasteiger charge is 2.15. The lowest BCUT2D eigenvalue weighted by molar-refractivity contribution is -0.135. The van der Waals surface area contributed by atoms with Crippen LogP contribution in [0.5, 0.6) is 34.5 Å². The highest BCUT2D eigenvalue weighted by molar-refractivity contribution is 5.91. The zero-order chi connectivity index (χ0) is 99.5. The van der Waals surface area contributed by atoms with Gasteiger partial charge in [-0.25, -0.2) is 18.8 Å². The van der Waals surface area contributed by atoms with Crippen LogP contribution in [0.25, 0.3) is 73.9 Å². The van der Waals surface area contributed by atoms with E-state index in [1.54, 1.807) is 43.5 Å². The molecule has 0 aliphatic rings. The second kappa shape index (κ2) is 55.1. The third-order valence-corrected chi connectivity index (χ3v) is 24.4. The first-order valence-electron chi connectivity index (χ1n) is 48.9. The Balaban J connectivity index is 0.000000167. The quantitative estimate of drug-likeness (QED) is 0.0220. The lowest BCUT2D eigenvalue weighted by atomic mass is 9.97. The maximum absolute atomic E-state index is 13.8. The maximum atomic E-state index is 13.8. The van der Waals surface area contributed by atoms with Crippen molar-refractivity contribution < 1.29 is 56.8 Å². The Morgan fingerprint density at radius 3 is 0.800 bits per heavy atom. The number of hydrogen-bond acceptors (Lipinski definition) is 11. The standard InChI is InChI=1S/C27H28O2.C26H28O3.C25H23FO2.C25H26O2.C25H24O2/c1-5-21-7-10-23(11-8-21)24-12-14-25(15-13-24)29-27(28)16-9-22-17-19(3)26(6-2)20(4)18-22;1-4-19-6-8-21(9-7-19)11-17-26(27)29-23-14-12-22(13-15-23)24-16-10-20(5-2)18-25(24)28-3;1-3-18-5-10-21(11-6-18)22-12-14-23(15-13-22)28-25(27)16-8-19-7-9-20(4-2)24(26)17-19;2*1-3-19-5-7-21(8-6-19)11-18-25(26)27-24-16-14-23(15-17-24)22-12-9-20(4-2)10-13-22/h7-18H,5-6H2,1-4H3;6-10,12-16,18H,4-5,11,17H2,1-3H3;5-17H,3-4H2,1-2H3;5-10,12-17H,3-4,11,18H2,1-2H3;5-18H,3-4H2,1-2H3/b16-9+;;16-8+;;18-11+. The van der Waals surface area contributed by atoms with Crippen LogP contribution in [0.1, 0.15) is 177 Å². The van der Waals surface area contributed by atoms with E-state index in [1.807, 2.05) is 134 Å². The third kappa shape index (κ3) is 33.2. The van der Waals surface area contributed by atoms with Crippen molar-refractivity contribution >= 4 is 48.1 Å². The summed E-state index contributed by atoms with van der Waals surface area (Å²) in [6.07, 6.45) is 21.3. The molecule has 15 aromatic rings. The molecule has 0 amide bonds. The normalized spacial score (nSPS) is 10.8. The number of ether oxygens (including phenoxy) is 6. The van der Waals surface area contributed by atoms with Gasteiger partial charge in [-0.3, -0.25) is 9.59 Å². The Morgan fingerprint density at radius 1 is 0.250 bits per heavy atom. The van der Waals surface area contributed by atoms with Crippen molar-refractivity contribution in [3.8, 4) is 90.1 Å². The molecule has 12 heteroatoms. The zero-order valence-electron chi connectivity index (χ0n) is 83.1. The van der Waals surface area contributed by atoms with E-state index < -0.39 is 5.97 Å². The van der Waals surface area contributed by atoms with Gasteiger partial charge < -0.3 is 28.4 Å². The predicted molar refractivity (Wildman–Crippen MR) is 573 cm³/mol. The van der Waals surface area contributed by atoms with Crippen LogP contribution in [0.15, 0.2) is 358 Å². The van der Waals surface area contributed by atoms with Crippen molar-refractivity contribution in [2.75, 3.05) is 7.11 Å². The van der Waals surface area contributed by atoms with Crippen LogP contribution in [-0.2, 0) is 101 Å². The smallest absolute Gasteiger partial charge is 0.336 e. The minimum Gasteiger partial charge on any atom is -0.496 e. The van der Waals surface area contributed by atoms with E-state index in [9.17, 15) is 28.4 Å². The number of rotatable bonds is 33. The Bertz CT molecular complexity index is 6530. The number of aryl methyl sites for hydroxylation is 13. The summed E-state index contributed by atoms with van der Waals surface area (Å²) in [4.78, 5) is 60.5. The van der Waals surface area contributed by atoms with E-state index in [0.29, 0.717) is 72.0 Å².